The van der Waals surface area contributed by atoms with Crippen LogP contribution in [0.4, 0.5) is 0 Å². The minimum Gasteiger partial charge on any atom is -0.504 e. The van der Waals surface area contributed by atoms with Crippen LogP contribution in [-0.2, 0) is 0 Å². The van der Waals surface area contributed by atoms with Crippen LogP contribution in [0.25, 0.3) is 0 Å². The van der Waals surface area contributed by atoms with Gasteiger partial charge in [0.2, 0.25) is 0 Å². The first kappa shape index (κ1) is 21.8. The van der Waals surface area contributed by atoms with E-state index in [4.69, 9.17) is 4.74 Å². The fourth-order valence-corrected chi connectivity index (χ4v) is 3.41. The standard InChI is InChI=1S/C15H23BrN2O2.2ClH/c1-3-4-12(18-9-7-17-8-10-18)14-11(16)5-6-13(20-2)15(14)19;;/h5-6,12,17,19H,3-4,7-10H2,1-2H3;2*1H/t12-;;/m1../s1. The molecular formula is C15H25BrCl2N2O2. The molecule has 0 spiro atoms. The smallest absolute Gasteiger partial charge is 0.163 e. The Morgan fingerprint density at radius 1 is 1.32 bits per heavy atom. The Morgan fingerprint density at radius 2 is 1.95 bits per heavy atom. The molecule has 1 heterocycles. The maximum Gasteiger partial charge on any atom is 0.163 e. The largest absolute Gasteiger partial charge is 0.504 e. The van der Waals surface area contributed by atoms with Crippen molar-refractivity contribution in [1.29, 1.82) is 0 Å². The first-order valence-electron chi connectivity index (χ1n) is 7.19. The van der Waals surface area contributed by atoms with Gasteiger partial charge in [-0.3, -0.25) is 4.90 Å². The molecule has 0 aliphatic carbocycles. The van der Waals surface area contributed by atoms with Crippen LogP contribution >= 0.6 is 40.7 Å². The summed E-state index contributed by atoms with van der Waals surface area (Å²) in [4.78, 5) is 2.44. The Bertz CT molecular complexity index is 457. The molecule has 7 heteroatoms. The Kier molecular flexibility index (Phi) is 10.5. The third-order valence-electron chi connectivity index (χ3n) is 3.83. The molecular weight excluding hydrogens is 391 g/mol. The SMILES string of the molecule is CCC[C@H](c1c(Br)ccc(OC)c1O)N1CCNCC1.Cl.Cl. The number of halogens is 3. The highest BCUT2D eigenvalue weighted by Crippen LogP contribution is 2.42. The lowest BCUT2D eigenvalue weighted by Gasteiger charge is -2.36. The van der Waals surface area contributed by atoms with Gasteiger partial charge in [-0.25, -0.2) is 0 Å². The van der Waals surface area contributed by atoms with Crippen LogP contribution in [0.1, 0.15) is 31.4 Å². The van der Waals surface area contributed by atoms with Crippen LogP contribution < -0.4 is 10.1 Å². The minimum absolute atomic E-state index is 0. The van der Waals surface area contributed by atoms with Gasteiger partial charge in [0.05, 0.1) is 7.11 Å². The Balaban J connectivity index is 0.00000220. The van der Waals surface area contributed by atoms with Crippen LogP contribution in [0.5, 0.6) is 11.5 Å². The van der Waals surface area contributed by atoms with Crippen molar-refractivity contribution in [2.75, 3.05) is 33.3 Å². The summed E-state index contributed by atoms with van der Waals surface area (Å²) in [6, 6.07) is 3.98. The van der Waals surface area contributed by atoms with E-state index in [1.165, 1.54) is 0 Å². The van der Waals surface area contributed by atoms with E-state index in [0.29, 0.717) is 5.75 Å². The monoisotopic (exact) mass is 414 g/mol. The number of phenols is 1. The van der Waals surface area contributed by atoms with E-state index in [1.54, 1.807) is 13.2 Å². The average molecular weight is 416 g/mol. The molecule has 1 aromatic carbocycles. The lowest BCUT2D eigenvalue weighted by atomic mass is 9.98. The molecule has 22 heavy (non-hydrogen) atoms. The zero-order valence-corrected chi connectivity index (χ0v) is 16.2. The number of hydrogen-bond donors (Lipinski definition) is 2. The van der Waals surface area contributed by atoms with Crippen LogP contribution in [0.3, 0.4) is 0 Å². The van der Waals surface area contributed by atoms with E-state index in [0.717, 1.165) is 49.1 Å². The fraction of sp³-hybridized carbons (Fsp3) is 0.600. The Morgan fingerprint density at radius 3 is 2.50 bits per heavy atom. The molecule has 1 fully saturated rings. The third kappa shape index (κ3) is 4.90. The quantitative estimate of drug-likeness (QED) is 0.768. The van der Waals surface area contributed by atoms with Crippen LogP contribution in [-0.4, -0.2) is 43.3 Å². The number of rotatable bonds is 5. The summed E-state index contributed by atoms with van der Waals surface area (Å²) < 4.78 is 6.21. The van der Waals surface area contributed by atoms with Crippen LogP contribution in [0, 0.1) is 0 Å². The van der Waals surface area contributed by atoms with E-state index >= 15 is 0 Å². The van der Waals surface area contributed by atoms with Crippen LogP contribution in [0.15, 0.2) is 16.6 Å². The molecule has 1 aliphatic heterocycles. The summed E-state index contributed by atoms with van der Waals surface area (Å²) in [6.07, 6.45) is 2.11. The van der Waals surface area contributed by atoms with Gasteiger partial charge >= 0.3 is 0 Å². The molecule has 2 N–H and O–H groups in total. The fourth-order valence-electron chi connectivity index (χ4n) is 2.82. The molecule has 0 radical (unpaired) electrons. The van der Waals surface area contributed by atoms with Gasteiger partial charge in [-0.05, 0) is 18.6 Å². The van der Waals surface area contributed by atoms with Gasteiger partial charge in [0.25, 0.3) is 0 Å². The van der Waals surface area contributed by atoms with Crippen molar-refractivity contribution in [1.82, 2.24) is 10.2 Å². The molecule has 0 amide bonds. The van der Waals surface area contributed by atoms with Crippen molar-refractivity contribution in [3.8, 4) is 11.5 Å². The highest BCUT2D eigenvalue weighted by molar-refractivity contribution is 9.10. The second kappa shape index (κ2) is 10.6. The van der Waals surface area contributed by atoms with Crippen molar-refractivity contribution in [3.05, 3.63) is 22.2 Å². The topological polar surface area (TPSA) is 44.7 Å². The van der Waals surface area contributed by atoms with Gasteiger partial charge in [-0.1, -0.05) is 29.3 Å². The van der Waals surface area contributed by atoms with Gasteiger partial charge in [-0.2, -0.15) is 0 Å². The highest BCUT2D eigenvalue weighted by Gasteiger charge is 2.27. The summed E-state index contributed by atoms with van der Waals surface area (Å²) in [5.74, 6) is 0.804. The van der Waals surface area contributed by atoms with Crippen molar-refractivity contribution < 1.29 is 9.84 Å². The number of hydrogen-bond acceptors (Lipinski definition) is 4. The molecule has 1 aliphatic rings. The number of nitrogens with one attached hydrogen (secondary N) is 1. The predicted octanol–water partition coefficient (Wildman–Crippen LogP) is 3.75. The lowest BCUT2D eigenvalue weighted by Crippen LogP contribution is -2.45. The molecule has 4 nitrogen and oxygen atoms in total. The van der Waals surface area contributed by atoms with Crippen molar-refractivity contribution in [2.45, 2.75) is 25.8 Å². The minimum atomic E-state index is 0. The second-order valence-corrected chi connectivity index (χ2v) is 5.96. The second-order valence-electron chi connectivity index (χ2n) is 5.10. The summed E-state index contributed by atoms with van der Waals surface area (Å²) >= 11 is 3.59. The van der Waals surface area contributed by atoms with Crippen molar-refractivity contribution in [2.24, 2.45) is 0 Å². The molecule has 2 rings (SSSR count). The number of phenolic OH excluding ortho intramolecular Hbond substituents is 1. The summed E-state index contributed by atoms with van der Waals surface area (Å²) in [7, 11) is 1.59. The van der Waals surface area contributed by atoms with E-state index in [2.05, 4.69) is 33.1 Å². The number of benzene rings is 1. The van der Waals surface area contributed by atoms with Gasteiger partial charge in [0.1, 0.15) is 0 Å². The highest BCUT2D eigenvalue weighted by atomic mass is 79.9. The zero-order chi connectivity index (χ0) is 14.5. The van der Waals surface area contributed by atoms with Crippen molar-refractivity contribution in [3.63, 3.8) is 0 Å². The Hall–Kier alpha value is -0.200. The van der Waals surface area contributed by atoms with E-state index in [1.807, 2.05) is 6.07 Å². The van der Waals surface area contributed by atoms with Gasteiger partial charge < -0.3 is 15.2 Å². The number of nitrogens with zero attached hydrogens (tertiary/aromatic N) is 1. The number of piperazine rings is 1. The number of aromatic hydroxyl groups is 1. The molecule has 0 bridgehead atoms. The molecule has 0 saturated carbocycles. The first-order valence-corrected chi connectivity index (χ1v) is 7.98. The van der Waals surface area contributed by atoms with Gasteiger partial charge in [0.15, 0.2) is 11.5 Å². The lowest BCUT2D eigenvalue weighted by molar-refractivity contribution is 0.161. The average Bonchev–Trinajstić information content (AvgIpc) is 2.47. The first-order chi connectivity index (χ1) is 9.69. The summed E-state index contributed by atoms with van der Waals surface area (Å²) in [5.41, 5.74) is 0.952. The normalized spacial score (nSPS) is 16.3. The Labute approximate surface area is 153 Å². The number of ether oxygens (including phenoxy) is 1. The van der Waals surface area contributed by atoms with E-state index in [9.17, 15) is 5.11 Å². The van der Waals surface area contributed by atoms with Gasteiger partial charge in [0, 0.05) is 42.3 Å². The summed E-state index contributed by atoms with van der Waals surface area (Å²) in [5, 5.41) is 13.9. The maximum atomic E-state index is 10.5. The molecule has 0 unspecified atom stereocenters. The van der Waals surface area contributed by atoms with E-state index in [-0.39, 0.29) is 36.6 Å². The van der Waals surface area contributed by atoms with Crippen molar-refractivity contribution >= 4 is 40.7 Å². The molecule has 1 aromatic rings. The molecule has 1 saturated heterocycles. The van der Waals surface area contributed by atoms with Crippen LogP contribution in [0.2, 0.25) is 0 Å². The molecule has 1 atom stereocenters. The number of methoxy groups -OCH3 is 1. The van der Waals surface area contributed by atoms with E-state index < -0.39 is 0 Å². The predicted molar refractivity (Wildman–Crippen MR) is 98.9 cm³/mol. The molecule has 0 aromatic heterocycles. The maximum absolute atomic E-state index is 10.5. The summed E-state index contributed by atoms with van der Waals surface area (Å²) in [6.45, 7) is 6.20. The third-order valence-corrected chi connectivity index (χ3v) is 4.53. The zero-order valence-electron chi connectivity index (χ0n) is 13.0. The molecule has 128 valence electrons. The van der Waals surface area contributed by atoms with Gasteiger partial charge in [-0.15, -0.1) is 24.8 Å².